The van der Waals surface area contributed by atoms with Crippen molar-refractivity contribution in [3.63, 3.8) is 0 Å². The Bertz CT molecular complexity index is 949. The number of hydrogen-bond donors (Lipinski definition) is 0. The maximum atomic E-state index is 5.43. The Morgan fingerprint density at radius 1 is 1.23 bits per heavy atom. The number of ether oxygens (including phenoxy) is 1. The Balaban J connectivity index is 1.71. The molecule has 3 aromatic heterocycles. The number of rotatable bonds is 4. The molecule has 0 bridgehead atoms. The van der Waals surface area contributed by atoms with Gasteiger partial charge in [-0.25, -0.2) is 4.98 Å². The predicted molar refractivity (Wildman–Crippen MR) is 85.7 cm³/mol. The van der Waals surface area contributed by atoms with Crippen LogP contribution in [0.25, 0.3) is 15.9 Å². The maximum Gasteiger partial charge on any atom is 0.231 e. The molecule has 0 aliphatic heterocycles. The van der Waals surface area contributed by atoms with Crippen LogP contribution in [-0.2, 0) is 0 Å². The summed E-state index contributed by atoms with van der Waals surface area (Å²) in [7, 11) is 0. The molecule has 4 rings (SSSR count). The third kappa shape index (κ3) is 2.40. The molecule has 8 heteroatoms. The van der Waals surface area contributed by atoms with Crippen LogP contribution >= 0.6 is 23.1 Å². The van der Waals surface area contributed by atoms with Crippen molar-refractivity contribution < 1.29 is 4.74 Å². The van der Waals surface area contributed by atoms with Gasteiger partial charge >= 0.3 is 0 Å². The predicted octanol–water partition coefficient (Wildman–Crippen LogP) is 3.28. The molecule has 3 heterocycles. The fraction of sp³-hybridized carbons (Fsp3) is 0.143. The molecule has 1 aromatic carbocycles. The van der Waals surface area contributed by atoms with Crippen molar-refractivity contribution in [1.82, 2.24) is 24.8 Å². The lowest BCUT2D eigenvalue weighted by atomic mass is 10.3. The molecule has 0 saturated heterocycles. The molecule has 0 atom stereocenters. The summed E-state index contributed by atoms with van der Waals surface area (Å²) in [6.45, 7) is 2.50. The van der Waals surface area contributed by atoms with Crippen LogP contribution in [0.15, 0.2) is 45.9 Å². The minimum absolute atomic E-state index is 0.564. The molecule has 6 nitrogen and oxygen atoms in total. The highest BCUT2D eigenvalue weighted by Crippen LogP contribution is 2.30. The molecule has 0 N–H and O–H groups in total. The monoisotopic (exact) mass is 329 g/mol. The van der Waals surface area contributed by atoms with Crippen molar-refractivity contribution in [3.05, 3.63) is 35.8 Å². The summed E-state index contributed by atoms with van der Waals surface area (Å²) in [6.07, 6.45) is 0. The largest absolute Gasteiger partial charge is 0.477 e. The van der Waals surface area contributed by atoms with E-state index in [4.69, 9.17) is 4.74 Å². The first-order valence-corrected chi connectivity index (χ1v) is 8.39. The molecule has 0 unspecified atom stereocenters. The zero-order chi connectivity index (χ0) is 14.9. The molecule has 4 aromatic rings. The Morgan fingerprint density at radius 3 is 3.09 bits per heavy atom. The van der Waals surface area contributed by atoms with E-state index in [-0.39, 0.29) is 0 Å². The number of benzene rings is 1. The van der Waals surface area contributed by atoms with Gasteiger partial charge in [-0.1, -0.05) is 0 Å². The number of thiazole rings is 1. The van der Waals surface area contributed by atoms with Gasteiger partial charge in [0.05, 0.1) is 22.3 Å². The molecule has 0 amide bonds. The van der Waals surface area contributed by atoms with Crippen LogP contribution in [0.2, 0.25) is 0 Å². The van der Waals surface area contributed by atoms with E-state index in [9.17, 15) is 0 Å². The average Bonchev–Trinajstić information content (AvgIpc) is 3.14. The number of fused-ring (bicyclic) bond motifs is 2. The highest BCUT2D eigenvalue weighted by Gasteiger charge is 2.10. The minimum Gasteiger partial charge on any atom is -0.477 e. The number of hydrogen-bond acceptors (Lipinski definition) is 7. The lowest BCUT2D eigenvalue weighted by Crippen LogP contribution is -1.99. The van der Waals surface area contributed by atoms with Crippen LogP contribution in [-0.4, -0.2) is 31.4 Å². The first-order chi connectivity index (χ1) is 10.8. The van der Waals surface area contributed by atoms with Gasteiger partial charge in [-0.2, -0.15) is 4.52 Å². The summed E-state index contributed by atoms with van der Waals surface area (Å²) in [5.74, 6) is 0.564. The second-order valence-corrected chi connectivity index (χ2v) is 6.37. The van der Waals surface area contributed by atoms with Gasteiger partial charge in [0.15, 0.2) is 5.65 Å². The lowest BCUT2D eigenvalue weighted by molar-refractivity contribution is 0.320. The topological polar surface area (TPSA) is 65.2 Å². The van der Waals surface area contributed by atoms with E-state index in [1.54, 1.807) is 21.9 Å². The van der Waals surface area contributed by atoms with Crippen LogP contribution in [0.1, 0.15) is 6.92 Å². The summed E-state index contributed by atoms with van der Waals surface area (Å²) >= 11 is 3.14. The highest BCUT2D eigenvalue weighted by molar-refractivity contribution is 7.99. The fourth-order valence-electron chi connectivity index (χ4n) is 2.05. The molecule has 0 aliphatic carbocycles. The summed E-state index contributed by atoms with van der Waals surface area (Å²) in [5.41, 5.74) is 3.56. The summed E-state index contributed by atoms with van der Waals surface area (Å²) in [4.78, 5) is 5.36. The molecule has 0 saturated carbocycles. The zero-order valence-corrected chi connectivity index (χ0v) is 13.3. The average molecular weight is 329 g/mol. The van der Waals surface area contributed by atoms with Crippen LogP contribution in [0.5, 0.6) is 5.88 Å². The molecule has 22 heavy (non-hydrogen) atoms. The normalized spacial score (nSPS) is 11.3. The third-order valence-electron chi connectivity index (χ3n) is 3.01. The van der Waals surface area contributed by atoms with Crippen molar-refractivity contribution in [1.29, 1.82) is 0 Å². The SMILES string of the molecule is CCOc1ccc2nnc(Sc3ccc4ncsc4c3)n2n1. The van der Waals surface area contributed by atoms with E-state index in [0.717, 1.165) is 15.1 Å². The summed E-state index contributed by atoms with van der Waals surface area (Å²) in [6, 6.07) is 9.79. The van der Waals surface area contributed by atoms with E-state index >= 15 is 0 Å². The Hall–Kier alpha value is -2.19. The van der Waals surface area contributed by atoms with Gasteiger partial charge in [-0.05, 0) is 43.0 Å². The van der Waals surface area contributed by atoms with Crippen molar-refractivity contribution in [3.8, 4) is 5.88 Å². The van der Waals surface area contributed by atoms with E-state index in [1.165, 1.54) is 11.8 Å². The first-order valence-electron chi connectivity index (χ1n) is 6.70. The van der Waals surface area contributed by atoms with Gasteiger partial charge in [0, 0.05) is 11.0 Å². The van der Waals surface area contributed by atoms with E-state index < -0.39 is 0 Å². The molecule has 0 aliphatic rings. The Labute approximate surface area is 134 Å². The standard InChI is InChI=1S/C14H11N5OS2/c1-2-20-13-6-5-12-16-17-14(19(12)18-13)22-9-3-4-10-11(7-9)21-8-15-10/h3-8H,2H2,1H3. The summed E-state index contributed by atoms with van der Waals surface area (Å²) < 4.78 is 8.29. The van der Waals surface area contributed by atoms with E-state index in [0.29, 0.717) is 23.3 Å². The molecule has 110 valence electrons. The molecular formula is C14H11N5OS2. The van der Waals surface area contributed by atoms with E-state index in [1.807, 2.05) is 30.6 Å². The van der Waals surface area contributed by atoms with Crippen molar-refractivity contribution in [2.45, 2.75) is 17.0 Å². The zero-order valence-electron chi connectivity index (χ0n) is 11.6. The quantitative estimate of drug-likeness (QED) is 0.572. The molecule has 0 spiro atoms. The molecule has 0 radical (unpaired) electrons. The fourth-order valence-corrected chi connectivity index (χ4v) is 3.66. The van der Waals surface area contributed by atoms with Crippen molar-refractivity contribution in [2.24, 2.45) is 0 Å². The smallest absolute Gasteiger partial charge is 0.231 e. The van der Waals surface area contributed by atoms with Gasteiger partial charge in [0.25, 0.3) is 0 Å². The van der Waals surface area contributed by atoms with Crippen molar-refractivity contribution >= 4 is 39.0 Å². The molecule has 0 fully saturated rings. The van der Waals surface area contributed by atoms with Crippen LogP contribution in [0.3, 0.4) is 0 Å². The minimum atomic E-state index is 0.564. The highest BCUT2D eigenvalue weighted by atomic mass is 32.2. The van der Waals surface area contributed by atoms with Crippen LogP contribution < -0.4 is 4.74 Å². The van der Waals surface area contributed by atoms with Crippen LogP contribution in [0.4, 0.5) is 0 Å². The van der Waals surface area contributed by atoms with Gasteiger partial charge in [0.1, 0.15) is 0 Å². The van der Waals surface area contributed by atoms with Gasteiger partial charge < -0.3 is 4.74 Å². The lowest BCUT2D eigenvalue weighted by Gasteiger charge is -2.03. The Kier molecular flexibility index (Phi) is 3.39. The van der Waals surface area contributed by atoms with Crippen LogP contribution in [0, 0.1) is 0 Å². The Morgan fingerprint density at radius 2 is 2.18 bits per heavy atom. The van der Waals surface area contributed by atoms with E-state index in [2.05, 4.69) is 26.3 Å². The molecular weight excluding hydrogens is 318 g/mol. The number of nitrogens with zero attached hydrogens (tertiary/aromatic N) is 5. The van der Waals surface area contributed by atoms with Crippen molar-refractivity contribution in [2.75, 3.05) is 6.61 Å². The second-order valence-electron chi connectivity index (χ2n) is 4.44. The number of aromatic nitrogens is 5. The van der Waals surface area contributed by atoms with Gasteiger partial charge in [-0.15, -0.1) is 26.6 Å². The maximum absolute atomic E-state index is 5.43. The first kappa shape index (κ1) is 13.5. The van der Waals surface area contributed by atoms with Gasteiger partial charge in [-0.3, -0.25) is 0 Å². The third-order valence-corrected chi connectivity index (χ3v) is 4.73. The second kappa shape index (κ2) is 5.54. The van der Waals surface area contributed by atoms with Gasteiger partial charge in [0.2, 0.25) is 11.0 Å². The summed E-state index contributed by atoms with van der Waals surface area (Å²) in [5, 5.41) is 13.5.